The van der Waals surface area contributed by atoms with Crippen LogP contribution in [0.4, 0.5) is 32.3 Å². The average molecular weight is 527 g/mol. The fourth-order valence-corrected chi connectivity index (χ4v) is 4.88. The summed E-state index contributed by atoms with van der Waals surface area (Å²) in [7, 11) is 5.62. The topological polar surface area (TPSA) is 150 Å². The van der Waals surface area contributed by atoms with Crippen molar-refractivity contribution in [2.45, 2.75) is 19.0 Å². The van der Waals surface area contributed by atoms with Crippen LogP contribution >= 0.6 is 11.3 Å². The minimum Gasteiger partial charge on any atom is -0.465 e. The summed E-state index contributed by atoms with van der Waals surface area (Å²) < 4.78 is 16.9. The Labute approximate surface area is 216 Å². The Balaban J connectivity index is 1.73. The smallest absolute Gasteiger partial charge is 0.404 e. The van der Waals surface area contributed by atoms with Crippen molar-refractivity contribution in [1.82, 2.24) is 20.1 Å². The van der Waals surface area contributed by atoms with Crippen LogP contribution in [0.2, 0.25) is 0 Å². The van der Waals surface area contributed by atoms with Gasteiger partial charge in [-0.15, -0.1) is 11.3 Å². The second-order valence-electron chi connectivity index (χ2n) is 8.65. The number of nitrogens with two attached hydrogens (primary N) is 1. The molecular formula is C24H27FN8O3S. The van der Waals surface area contributed by atoms with E-state index < -0.39 is 29.9 Å². The van der Waals surface area contributed by atoms with Crippen molar-refractivity contribution in [3.8, 4) is 0 Å². The maximum atomic E-state index is 15.1. The van der Waals surface area contributed by atoms with Crippen LogP contribution in [0.3, 0.4) is 0 Å². The molecule has 13 heteroatoms. The van der Waals surface area contributed by atoms with Crippen LogP contribution in [0.5, 0.6) is 0 Å². The van der Waals surface area contributed by atoms with Gasteiger partial charge in [0.1, 0.15) is 5.82 Å². The lowest BCUT2D eigenvalue weighted by Gasteiger charge is -2.25. The molecule has 11 nitrogen and oxygen atoms in total. The Morgan fingerprint density at radius 2 is 1.97 bits per heavy atom. The molecule has 0 bridgehead atoms. The molecule has 0 aliphatic carbocycles. The van der Waals surface area contributed by atoms with Crippen LogP contribution in [0, 0.1) is 5.82 Å². The molecule has 1 aromatic carbocycles. The first kappa shape index (κ1) is 25.7. The Morgan fingerprint density at radius 1 is 1.22 bits per heavy atom. The Bertz CT molecular complexity index is 1450. The molecule has 0 unspecified atom stereocenters. The van der Waals surface area contributed by atoms with Crippen LogP contribution in [-0.4, -0.2) is 52.0 Å². The number of thiophene rings is 1. The quantitative estimate of drug-likeness (QED) is 0.220. The van der Waals surface area contributed by atoms with Gasteiger partial charge in [0.05, 0.1) is 23.2 Å². The summed E-state index contributed by atoms with van der Waals surface area (Å²) in [5, 5.41) is 24.9. The van der Waals surface area contributed by atoms with Crippen LogP contribution in [0.1, 0.15) is 28.2 Å². The van der Waals surface area contributed by atoms with E-state index in [9.17, 15) is 14.7 Å². The first-order valence-corrected chi connectivity index (χ1v) is 12.1. The molecule has 37 heavy (non-hydrogen) atoms. The molecule has 4 aromatic rings. The number of primary amides is 1. The predicted molar refractivity (Wildman–Crippen MR) is 142 cm³/mol. The van der Waals surface area contributed by atoms with Crippen LogP contribution in [-0.2, 0) is 7.05 Å². The highest BCUT2D eigenvalue weighted by Gasteiger charge is 2.25. The van der Waals surface area contributed by atoms with E-state index in [0.717, 1.165) is 27.7 Å². The van der Waals surface area contributed by atoms with Gasteiger partial charge in [0.25, 0.3) is 5.91 Å². The maximum Gasteiger partial charge on any atom is 0.404 e. The van der Waals surface area contributed by atoms with Gasteiger partial charge < -0.3 is 31.7 Å². The highest BCUT2D eigenvalue weighted by molar-refractivity contribution is 7.10. The number of nitrogens with one attached hydrogen (secondary N) is 3. The van der Waals surface area contributed by atoms with Gasteiger partial charge in [-0.2, -0.15) is 5.10 Å². The van der Waals surface area contributed by atoms with Crippen molar-refractivity contribution < 1.29 is 19.1 Å². The summed E-state index contributed by atoms with van der Waals surface area (Å²) in [4.78, 5) is 30.4. The van der Waals surface area contributed by atoms with E-state index in [2.05, 4.69) is 26.0 Å². The lowest BCUT2D eigenvalue weighted by molar-refractivity contribution is 0.1000. The number of carbonyl (C=O) groups is 2. The third-order valence-corrected chi connectivity index (χ3v) is 6.71. The predicted octanol–water partition coefficient (Wildman–Crippen LogP) is 3.89. The lowest BCUT2D eigenvalue weighted by atomic mass is 10.1. The molecule has 194 valence electrons. The fourth-order valence-electron chi connectivity index (χ4n) is 4.00. The van der Waals surface area contributed by atoms with Gasteiger partial charge in [-0.25, -0.2) is 14.2 Å². The van der Waals surface area contributed by atoms with E-state index in [4.69, 9.17) is 5.73 Å². The molecular weight excluding hydrogens is 499 g/mol. The number of rotatable bonds is 9. The number of carboxylic acid groups (broad SMARTS) is 1. The van der Waals surface area contributed by atoms with Crippen molar-refractivity contribution >= 4 is 57.4 Å². The molecule has 0 fully saturated rings. The van der Waals surface area contributed by atoms with Gasteiger partial charge in [0.2, 0.25) is 0 Å². The molecule has 3 aromatic heterocycles. The molecule has 0 radical (unpaired) electrons. The van der Waals surface area contributed by atoms with E-state index in [1.54, 1.807) is 17.7 Å². The van der Waals surface area contributed by atoms with Gasteiger partial charge in [0, 0.05) is 37.1 Å². The number of amides is 2. The summed E-state index contributed by atoms with van der Waals surface area (Å²) in [5.74, 6) is -1.02. The monoisotopic (exact) mass is 526 g/mol. The van der Waals surface area contributed by atoms with Crippen molar-refractivity contribution in [3.05, 3.63) is 58.0 Å². The lowest BCUT2D eigenvalue weighted by Crippen LogP contribution is -2.39. The molecule has 4 rings (SSSR count). The molecule has 0 saturated heterocycles. The third-order valence-electron chi connectivity index (χ3n) is 5.75. The second kappa shape index (κ2) is 10.3. The molecule has 0 aliphatic heterocycles. The summed E-state index contributed by atoms with van der Waals surface area (Å²) >= 11 is 1.39. The average Bonchev–Trinajstić information content (AvgIpc) is 3.46. The van der Waals surface area contributed by atoms with Crippen molar-refractivity contribution in [2.24, 2.45) is 12.8 Å². The van der Waals surface area contributed by atoms with Crippen molar-refractivity contribution in [3.63, 3.8) is 0 Å². The number of anilines is 4. The SMILES string of the molecule is C[C@H](NC(=O)O)[C@H](Nc1nc(Nc2ccc3c(c2)c(N(C)C)nn3C)c(C(N)=O)cc1F)c1cccs1. The van der Waals surface area contributed by atoms with Crippen LogP contribution in [0.15, 0.2) is 41.8 Å². The van der Waals surface area contributed by atoms with Gasteiger partial charge >= 0.3 is 6.09 Å². The van der Waals surface area contributed by atoms with Gasteiger partial charge in [-0.3, -0.25) is 9.48 Å². The third kappa shape index (κ3) is 5.40. The Hall–Kier alpha value is -4.39. The van der Waals surface area contributed by atoms with Gasteiger partial charge in [-0.05, 0) is 42.6 Å². The summed E-state index contributed by atoms with van der Waals surface area (Å²) in [6.07, 6.45) is -1.21. The highest BCUT2D eigenvalue weighted by atomic mass is 32.1. The van der Waals surface area contributed by atoms with Crippen LogP contribution < -0.4 is 26.6 Å². The van der Waals surface area contributed by atoms with Crippen LogP contribution in [0.25, 0.3) is 10.9 Å². The van der Waals surface area contributed by atoms with E-state index in [0.29, 0.717) is 5.69 Å². The largest absolute Gasteiger partial charge is 0.465 e. The zero-order chi connectivity index (χ0) is 26.9. The van der Waals surface area contributed by atoms with Gasteiger partial charge in [-0.1, -0.05) is 6.07 Å². The summed E-state index contributed by atoms with van der Waals surface area (Å²) in [6.45, 7) is 1.66. The van der Waals surface area contributed by atoms with Crippen molar-refractivity contribution in [2.75, 3.05) is 29.6 Å². The second-order valence-corrected chi connectivity index (χ2v) is 9.63. The first-order chi connectivity index (χ1) is 17.5. The standard InChI is InChI=1S/C24H27FN8O3S/c1-12(27-24(35)36)19(18-6-5-9-37-18)29-22-16(25)11-15(20(26)34)21(30-22)28-13-7-8-17-14(10-13)23(32(2)3)31-33(17)4/h5-12,19,27H,1-4H3,(H2,26,34)(H,35,36)(H2,28,29,30)/t12-,19-/m0/s1. The van der Waals surface area contributed by atoms with E-state index in [1.165, 1.54) is 11.3 Å². The number of benzene rings is 1. The normalized spacial score (nSPS) is 12.7. The number of halogens is 1. The Morgan fingerprint density at radius 3 is 2.59 bits per heavy atom. The maximum absolute atomic E-state index is 15.1. The number of fused-ring (bicyclic) bond motifs is 1. The number of pyridine rings is 1. The minimum atomic E-state index is -1.21. The number of carbonyl (C=O) groups excluding carboxylic acids is 1. The Kier molecular flexibility index (Phi) is 7.16. The number of nitrogens with zero attached hydrogens (tertiary/aromatic N) is 4. The number of hydrogen-bond acceptors (Lipinski definition) is 8. The fraction of sp³-hybridized carbons (Fsp3) is 0.250. The summed E-state index contributed by atoms with van der Waals surface area (Å²) in [6, 6.07) is 8.90. The molecule has 6 N–H and O–H groups in total. The molecule has 0 saturated carbocycles. The zero-order valence-corrected chi connectivity index (χ0v) is 21.4. The highest BCUT2D eigenvalue weighted by Crippen LogP contribution is 2.32. The van der Waals surface area contributed by atoms with Gasteiger partial charge in [0.15, 0.2) is 17.5 Å². The molecule has 2 atom stereocenters. The molecule has 0 spiro atoms. The molecule has 2 amide bonds. The van der Waals surface area contributed by atoms with E-state index >= 15 is 4.39 Å². The first-order valence-electron chi connectivity index (χ1n) is 11.3. The minimum absolute atomic E-state index is 0.0508. The number of hydrogen-bond donors (Lipinski definition) is 5. The van der Waals surface area contributed by atoms with E-state index in [-0.39, 0.29) is 17.2 Å². The zero-order valence-electron chi connectivity index (χ0n) is 20.6. The van der Waals surface area contributed by atoms with E-state index in [1.807, 2.05) is 55.7 Å². The number of aryl methyl sites for hydroxylation is 1. The molecule has 3 heterocycles. The molecule has 0 aliphatic rings. The van der Waals surface area contributed by atoms with Crippen molar-refractivity contribution in [1.29, 1.82) is 0 Å². The number of aromatic nitrogens is 3. The summed E-state index contributed by atoms with van der Waals surface area (Å²) in [5.41, 5.74) is 6.88.